The minimum absolute atomic E-state index is 0.105. The monoisotopic (exact) mass is 285 g/mol. The maximum atomic E-state index is 11.4. The molecule has 6 nitrogen and oxygen atoms in total. The molecule has 0 saturated heterocycles. The topological polar surface area (TPSA) is 98.2 Å². The highest BCUT2D eigenvalue weighted by atomic mass is 32.2. The van der Waals surface area contributed by atoms with Crippen LogP contribution in [0.3, 0.4) is 0 Å². The summed E-state index contributed by atoms with van der Waals surface area (Å²) in [5.41, 5.74) is 5.99. The second-order valence-corrected chi connectivity index (χ2v) is 6.25. The van der Waals surface area contributed by atoms with E-state index in [1.165, 1.54) is 0 Å². The lowest BCUT2D eigenvalue weighted by molar-refractivity contribution is -0.133. The van der Waals surface area contributed by atoms with Crippen molar-refractivity contribution in [1.82, 2.24) is 9.55 Å². The summed E-state index contributed by atoms with van der Waals surface area (Å²) in [7, 11) is 0. The van der Waals surface area contributed by atoms with Crippen molar-refractivity contribution in [2.45, 2.75) is 44.3 Å². The first-order chi connectivity index (χ1) is 8.64. The number of primary amides is 1. The minimum Gasteiger partial charge on any atom is -0.481 e. The van der Waals surface area contributed by atoms with E-state index < -0.39 is 17.9 Å². The quantitative estimate of drug-likeness (QED) is 0.797. The number of aromatic nitrogens is 2. The third kappa shape index (κ3) is 3.73. The number of hydrogen-bond acceptors (Lipinski definition) is 4. The van der Waals surface area contributed by atoms with Crippen molar-refractivity contribution in [1.29, 1.82) is 0 Å². The van der Waals surface area contributed by atoms with Crippen LogP contribution in [0, 0.1) is 0 Å². The van der Waals surface area contributed by atoms with Gasteiger partial charge in [-0.1, -0.05) is 32.5 Å². The second-order valence-electron chi connectivity index (χ2n) is 5.31. The molecule has 0 aliphatic heterocycles. The standard InChI is InChI=1S/C12H19N3O3S/c1-7(10(13)18)15-8(12(2,3)4)5-14-11(15)19-6-9(16)17/h5,7H,6H2,1-4H3,(H2,13,18)(H,16,17). The van der Waals surface area contributed by atoms with Gasteiger partial charge in [0.05, 0.1) is 5.75 Å². The van der Waals surface area contributed by atoms with Gasteiger partial charge in [0.2, 0.25) is 5.91 Å². The Hall–Kier alpha value is -1.50. The smallest absolute Gasteiger partial charge is 0.313 e. The summed E-state index contributed by atoms with van der Waals surface area (Å²) in [6, 6.07) is -0.562. The van der Waals surface area contributed by atoms with Gasteiger partial charge >= 0.3 is 5.97 Å². The Morgan fingerprint density at radius 1 is 1.53 bits per heavy atom. The average Bonchev–Trinajstić information content (AvgIpc) is 2.68. The number of aliphatic carboxylic acids is 1. The lowest BCUT2D eigenvalue weighted by Gasteiger charge is -2.24. The van der Waals surface area contributed by atoms with E-state index in [0.717, 1.165) is 17.5 Å². The molecule has 0 aliphatic rings. The first kappa shape index (κ1) is 15.6. The summed E-state index contributed by atoms with van der Waals surface area (Å²) in [5, 5.41) is 9.23. The molecule has 19 heavy (non-hydrogen) atoms. The van der Waals surface area contributed by atoms with E-state index in [1.807, 2.05) is 20.8 Å². The molecular weight excluding hydrogens is 266 g/mol. The largest absolute Gasteiger partial charge is 0.481 e. The molecule has 0 bridgehead atoms. The first-order valence-electron chi connectivity index (χ1n) is 5.86. The van der Waals surface area contributed by atoms with Crippen LogP contribution in [-0.2, 0) is 15.0 Å². The van der Waals surface area contributed by atoms with Crippen molar-refractivity contribution < 1.29 is 14.7 Å². The van der Waals surface area contributed by atoms with Crippen LogP contribution in [0.2, 0.25) is 0 Å². The Morgan fingerprint density at radius 3 is 2.53 bits per heavy atom. The van der Waals surface area contributed by atoms with Gasteiger partial charge in [0.15, 0.2) is 5.16 Å². The first-order valence-corrected chi connectivity index (χ1v) is 6.84. The van der Waals surface area contributed by atoms with E-state index in [1.54, 1.807) is 17.7 Å². The molecule has 0 aromatic carbocycles. The van der Waals surface area contributed by atoms with Crippen molar-refractivity contribution in [3.63, 3.8) is 0 Å². The van der Waals surface area contributed by atoms with Crippen LogP contribution in [0.4, 0.5) is 0 Å². The summed E-state index contributed by atoms with van der Waals surface area (Å²) in [6.45, 7) is 7.68. The van der Waals surface area contributed by atoms with Crippen molar-refractivity contribution in [3.8, 4) is 0 Å². The zero-order valence-corrected chi connectivity index (χ0v) is 12.3. The van der Waals surface area contributed by atoms with Crippen LogP contribution in [0.15, 0.2) is 11.4 Å². The molecule has 1 aromatic rings. The molecule has 7 heteroatoms. The fourth-order valence-corrected chi connectivity index (χ4v) is 2.41. The van der Waals surface area contributed by atoms with Gasteiger partial charge in [-0.05, 0) is 6.92 Å². The molecule has 0 fully saturated rings. The van der Waals surface area contributed by atoms with E-state index in [-0.39, 0.29) is 11.2 Å². The number of imidazole rings is 1. The zero-order chi connectivity index (χ0) is 14.8. The van der Waals surface area contributed by atoms with E-state index in [4.69, 9.17) is 10.8 Å². The van der Waals surface area contributed by atoms with E-state index in [0.29, 0.717) is 5.16 Å². The van der Waals surface area contributed by atoms with Crippen molar-refractivity contribution in [2.75, 3.05) is 5.75 Å². The van der Waals surface area contributed by atoms with Gasteiger partial charge in [-0.3, -0.25) is 9.59 Å². The molecule has 0 saturated carbocycles. The summed E-state index contributed by atoms with van der Waals surface area (Å²) in [4.78, 5) is 26.3. The van der Waals surface area contributed by atoms with Gasteiger partial charge in [-0.25, -0.2) is 4.98 Å². The third-order valence-electron chi connectivity index (χ3n) is 2.66. The summed E-state index contributed by atoms with van der Waals surface area (Å²) >= 11 is 1.08. The zero-order valence-electron chi connectivity index (χ0n) is 11.5. The number of carboxylic acid groups (broad SMARTS) is 1. The Kier molecular flexibility index (Phi) is 4.62. The number of thioether (sulfide) groups is 1. The fraction of sp³-hybridized carbons (Fsp3) is 0.583. The van der Waals surface area contributed by atoms with Crippen LogP contribution in [0.25, 0.3) is 0 Å². The molecule has 1 rings (SSSR count). The van der Waals surface area contributed by atoms with Crippen LogP contribution in [0.1, 0.15) is 39.4 Å². The van der Waals surface area contributed by atoms with Gasteiger partial charge in [-0.2, -0.15) is 0 Å². The number of rotatable bonds is 5. The SMILES string of the molecule is CC(C(N)=O)n1c(C(C)(C)C)cnc1SCC(=O)O. The van der Waals surface area contributed by atoms with Crippen molar-refractivity contribution in [2.24, 2.45) is 5.73 Å². The molecule has 1 aromatic heterocycles. The Morgan fingerprint density at radius 2 is 2.11 bits per heavy atom. The Bertz CT molecular complexity index is 491. The third-order valence-corrected chi connectivity index (χ3v) is 3.61. The van der Waals surface area contributed by atoms with Crippen molar-refractivity contribution >= 4 is 23.6 Å². The molecule has 0 aliphatic carbocycles. The van der Waals surface area contributed by atoms with Crippen LogP contribution in [0.5, 0.6) is 0 Å². The highest BCUT2D eigenvalue weighted by Gasteiger charge is 2.26. The lowest BCUT2D eigenvalue weighted by atomic mass is 9.92. The highest BCUT2D eigenvalue weighted by molar-refractivity contribution is 7.99. The maximum Gasteiger partial charge on any atom is 0.313 e. The van der Waals surface area contributed by atoms with Crippen molar-refractivity contribution in [3.05, 3.63) is 11.9 Å². The number of nitrogens with two attached hydrogens (primary N) is 1. The molecule has 0 radical (unpaired) electrons. The summed E-state index contributed by atoms with van der Waals surface area (Å²) < 4.78 is 1.72. The van der Waals surface area contributed by atoms with Crippen LogP contribution >= 0.6 is 11.8 Å². The predicted molar refractivity (Wildman–Crippen MR) is 73.2 cm³/mol. The van der Waals surface area contributed by atoms with E-state index >= 15 is 0 Å². The minimum atomic E-state index is -0.927. The fourth-order valence-electron chi connectivity index (χ4n) is 1.63. The normalized spacial score (nSPS) is 13.3. The summed E-state index contributed by atoms with van der Waals surface area (Å²) in [6.07, 6.45) is 1.67. The van der Waals surface area contributed by atoms with Gasteiger partial charge in [0, 0.05) is 17.3 Å². The van der Waals surface area contributed by atoms with E-state index in [9.17, 15) is 9.59 Å². The van der Waals surface area contributed by atoms with Crippen LogP contribution < -0.4 is 5.73 Å². The number of hydrogen-bond donors (Lipinski definition) is 2. The predicted octanol–water partition coefficient (Wildman–Crippen LogP) is 1.40. The number of carbonyl (C=O) groups is 2. The molecular formula is C12H19N3O3S. The Labute approximate surface area is 116 Å². The molecule has 106 valence electrons. The molecule has 1 amide bonds. The molecule has 0 spiro atoms. The number of nitrogens with zero attached hydrogens (tertiary/aromatic N) is 2. The van der Waals surface area contributed by atoms with Gasteiger partial charge in [0.1, 0.15) is 6.04 Å². The van der Waals surface area contributed by atoms with Gasteiger partial charge in [0.25, 0.3) is 0 Å². The molecule has 1 unspecified atom stereocenters. The van der Waals surface area contributed by atoms with Gasteiger partial charge < -0.3 is 15.4 Å². The lowest BCUT2D eigenvalue weighted by Crippen LogP contribution is -2.29. The number of amides is 1. The average molecular weight is 285 g/mol. The molecule has 1 heterocycles. The summed E-state index contributed by atoms with van der Waals surface area (Å²) in [5.74, 6) is -1.50. The van der Waals surface area contributed by atoms with Gasteiger partial charge in [-0.15, -0.1) is 0 Å². The van der Waals surface area contributed by atoms with E-state index in [2.05, 4.69) is 4.98 Å². The highest BCUT2D eigenvalue weighted by Crippen LogP contribution is 2.30. The number of carbonyl (C=O) groups excluding carboxylic acids is 1. The van der Waals surface area contributed by atoms with Crippen LogP contribution in [-0.4, -0.2) is 32.3 Å². The molecule has 3 N–H and O–H groups in total. The second kappa shape index (κ2) is 5.64. The number of carboxylic acids is 1. The molecule has 1 atom stereocenters. The maximum absolute atomic E-state index is 11.4. The Balaban J connectivity index is 3.22.